The van der Waals surface area contributed by atoms with Crippen molar-refractivity contribution in [2.24, 2.45) is 5.92 Å². The van der Waals surface area contributed by atoms with Crippen molar-refractivity contribution in [2.45, 2.75) is 47.0 Å². The van der Waals surface area contributed by atoms with Gasteiger partial charge in [0.25, 0.3) is 0 Å². The highest BCUT2D eigenvalue weighted by atomic mass is 16.5. The molecule has 0 saturated carbocycles. The van der Waals surface area contributed by atoms with Gasteiger partial charge in [0.1, 0.15) is 23.3 Å². The Morgan fingerprint density at radius 1 is 1.08 bits per heavy atom. The zero-order valence-corrected chi connectivity index (χ0v) is 22.0. The van der Waals surface area contributed by atoms with Crippen LogP contribution in [-0.2, 0) is 0 Å². The predicted molar refractivity (Wildman–Crippen MR) is 147 cm³/mol. The van der Waals surface area contributed by atoms with Crippen LogP contribution >= 0.6 is 0 Å². The number of pyridine rings is 2. The van der Waals surface area contributed by atoms with Crippen molar-refractivity contribution in [3.63, 3.8) is 0 Å². The highest BCUT2D eigenvalue weighted by molar-refractivity contribution is 5.90. The summed E-state index contributed by atoms with van der Waals surface area (Å²) in [6.07, 6.45) is 6.81. The van der Waals surface area contributed by atoms with E-state index >= 15 is 0 Å². The molecule has 1 atom stereocenters. The third-order valence-corrected chi connectivity index (χ3v) is 6.49. The molecule has 0 spiro atoms. The monoisotopic (exact) mass is 498 g/mol. The van der Waals surface area contributed by atoms with Gasteiger partial charge in [-0.1, -0.05) is 26.7 Å². The second-order valence-electron chi connectivity index (χ2n) is 9.81. The summed E-state index contributed by atoms with van der Waals surface area (Å²) in [6, 6.07) is 11.8. The molecule has 0 bridgehead atoms. The summed E-state index contributed by atoms with van der Waals surface area (Å²) in [4.78, 5) is 20.7. The SMILES string of the molecule is CCCCCN1CC(C)COc2cc3ncnc(Nc4ccc(Oc5ccc(C)nc5)c(C)c4)c3nc21. The van der Waals surface area contributed by atoms with Gasteiger partial charge in [0, 0.05) is 36.5 Å². The number of fused-ring (bicyclic) bond motifs is 2. The summed E-state index contributed by atoms with van der Waals surface area (Å²) in [5, 5.41) is 3.44. The van der Waals surface area contributed by atoms with Crippen molar-refractivity contribution in [1.29, 1.82) is 0 Å². The van der Waals surface area contributed by atoms with E-state index in [2.05, 4.69) is 39.0 Å². The summed E-state index contributed by atoms with van der Waals surface area (Å²) in [5.74, 6) is 4.23. The number of anilines is 3. The van der Waals surface area contributed by atoms with E-state index in [0.717, 1.165) is 64.8 Å². The largest absolute Gasteiger partial charge is 0.489 e. The van der Waals surface area contributed by atoms with Crippen molar-refractivity contribution >= 4 is 28.4 Å². The van der Waals surface area contributed by atoms with Crippen molar-refractivity contribution in [3.05, 3.63) is 60.2 Å². The Hall–Kier alpha value is -3.94. The minimum absolute atomic E-state index is 0.419. The summed E-state index contributed by atoms with van der Waals surface area (Å²) in [7, 11) is 0. The fraction of sp³-hybridized carbons (Fsp3) is 0.379. The van der Waals surface area contributed by atoms with Gasteiger partial charge in [-0.3, -0.25) is 4.98 Å². The normalized spacial score (nSPS) is 15.1. The molecule has 0 radical (unpaired) electrons. The lowest BCUT2D eigenvalue weighted by Crippen LogP contribution is -2.30. The standard InChI is InChI=1S/C29H34N6O2/c1-5-6-7-12-35-16-19(2)17-36-26-14-24-27(34-29(26)35)28(32-18-31-24)33-22-9-11-25(20(3)13-22)37-23-10-8-21(4)30-15-23/h8-11,13-15,18-19H,5-7,12,16-17H2,1-4H3,(H,31,32,33). The molecule has 1 aromatic carbocycles. The van der Waals surface area contributed by atoms with E-state index in [9.17, 15) is 0 Å². The first kappa shape index (κ1) is 24.7. The van der Waals surface area contributed by atoms with Crippen LogP contribution in [0.5, 0.6) is 17.2 Å². The number of ether oxygens (including phenoxy) is 2. The summed E-state index contributed by atoms with van der Waals surface area (Å²) in [6.45, 7) is 11.0. The number of hydrogen-bond acceptors (Lipinski definition) is 8. The number of nitrogens with zero attached hydrogens (tertiary/aromatic N) is 5. The molecule has 37 heavy (non-hydrogen) atoms. The zero-order chi connectivity index (χ0) is 25.8. The average molecular weight is 499 g/mol. The molecule has 0 amide bonds. The molecule has 0 saturated heterocycles. The molecule has 1 aliphatic heterocycles. The van der Waals surface area contributed by atoms with Crippen LogP contribution in [0.2, 0.25) is 0 Å². The van der Waals surface area contributed by atoms with Crippen LogP contribution in [0.1, 0.15) is 44.4 Å². The van der Waals surface area contributed by atoms with Gasteiger partial charge < -0.3 is 19.7 Å². The van der Waals surface area contributed by atoms with Crippen LogP contribution in [0.4, 0.5) is 17.3 Å². The van der Waals surface area contributed by atoms with E-state index in [4.69, 9.17) is 14.5 Å². The molecule has 4 heterocycles. The number of rotatable bonds is 8. The van der Waals surface area contributed by atoms with Gasteiger partial charge in [-0.25, -0.2) is 15.0 Å². The topological polar surface area (TPSA) is 85.3 Å². The van der Waals surface area contributed by atoms with Crippen LogP contribution in [-0.4, -0.2) is 39.6 Å². The molecular formula is C29H34N6O2. The van der Waals surface area contributed by atoms with Gasteiger partial charge >= 0.3 is 0 Å². The highest BCUT2D eigenvalue weighted by Crippen LogP contribution is 2.35. The maximum absolute atomic E-state index is 6.14. The van der Waals surface area contributed by atoms with E-state index in [-0.39, 0.29) is 0 Å². The number of aryl methyl sites for hydroxylation is 2. The van der Waals surface area contributed by atoms with Crippen LogP contribution in [0.3, 0.4) is 0 Å². The van der Waals surface area contributed by atoms with E-state index < -0.39 is 0 Å². The summed E-state index contributed by atoms with van der Waals surface area (Å²) in [5.41, 5.74) is 4.33. The average Bonchev–Trinajstić information content (AvgIpc) is 3.04. The molecule has 5 rings (SSSR count). The first-order valence-corrected chi connectivity index (χ1v) is 13.0. The molecule has 1 aliphatic rings. The van der Waals surface area contributed by atoms with Crippen LogP contribution in [0.25, 0.3) is 11.0 Å². The third kappa shape index (κ3) is 5.74. The number of benzene rings is 1. The van der Waals surface area contributed by atoms with Gasteiger partial charge in [-0.2, -0.15) is 0 Å². The maximum Gasteiger partial charge on any atom is 0.172 e. The summed E-state index contributed by atoms with van der Waals surface area (Å²) >= 11 is 0. The zero-order valence-electron chi connectivity index (χ0n) is 22.0. The highest BCUT2D eigenvalue weighted by Gasteiger charge is 2.23. The second kappa shape index (κ2) is 11.0. The Morgan fingerprint density at radius 3 is 2.76 bits per heavy atom. The van der Waals surface area contributed by atoms with Crippen molar-refractivity contribution in [2.75, 3.05) is 29.9 Å². The summed E-state index contributed by atoms with van der Waals surface area (Å²) < 4.78 is 12.2. The minimum Gasteiger partial charge on any atom is -0.489 e. The van der Waals surface area contributed by atoms with Crippen LogP contribution in [0, 0.1) is 19.8 Å². The molecule has 3 aromatic heterocycles. The van der Waals surface area contributed by atoms with Gasteiger partial charge in [-0.15, -0.1) is 0 Å². The fourth-order valence-electron chi connectivity index (χ4n) is 4.50. The van der Waals surface area contributed by atoms with Crippen LogP contribution in [0.15, 0.2) is 48.9 Å². The number of hydrogen-bond donors (Lipinski definition) is 1. The Morgan fingerprint density at radius 2 is 1.97 bits per heavy atom. The number of unbranched alkanes of at least 4 members (excludes halogenated alkanes) is 2. The van der Waals surface area contributed by atoms with Gasteiger partial charge in [0.05, 0.1) is 18.3 Å². The van der Waals surface area contributed by atoms with E-state index in [1.54, 1.807) is 12.5 Å². The number of nitrogens with one attached hydrogen (secondary N) is 1. The Bertz CT molecular complexity index is 1380. The first-order chi connectivity index (χ1) is 18.0. The van der Waals surface area contributed by atoms with Gasteiger partial charge in [-0.05, 0) is 56.2 Å². The molecule has 192 valence electrons. The van der Waals surface area contributed by atoms with E-state index in [1.165, 1.54) is 12.8 Å². The molecule has 0 fully saturated rings. The molecule has 4 aromatic rings. The molecule has 8 nitrogen and oxygen atoms in total. The molecule has 1 unspecified atom stereocenters. The van der Waals surface area contributed by atoms with Crippen LogP contribution < -0.4 is 19.7 Å². The lowest BCUT2D eigenvalue weighted by molar-refractivity contribution is 0.273. The molecule has 8 heteroatoms. The predicted octanol–water partition coefficient (Wildman–Crippen LogP) is 6.60. The quantitative estimate of drug-likeness (QED) is 0.272. The molecule has 1 N–H and O–H groups in total. The third-order valence-electron chi connectivity index (χ3n) is 6.49. The van der Waals surface area contributed by atoms with Gasteiger partial charge in [0.2, 0.25) is 0 Å². The van der Waals surface area contributed by atoms with Gasteiger partial charge in [0.15, 0.2) is 17.4 Å². The Labute approximate surface area is 218 Å². The maximum atomic E-state index is 6.14. The smallest absolute Gasteiger partial charge is 0.172 e. The minimum atomic E-state index is 0.419. The van der Waals surface area contributed by atoms with Crippen molar-refractivity contribution in [3.8, 4) is 17.2 Å². The molecular weight excluding hydrogens is 464 g/mol. The van der Waals surface area contributed by atoms with Crippen molar-refractivity contribution < 1.29 is 9.47 Å². The number of aromatic nitrogens is 4. The molecule has 0 aliphatic carbocycles. The fourth-order valence-corrected chi connectivity index (χ4v) is 4.50. The first-order valence-electron chi connectivity index (χ1n) is 13.0. The lowest BCUT2D eigenvalue weighted by Gasteiger charge is -2.24. The van der Waals surface area contributed by atoms with E-state index in [0.29, 0.717) is 24.1 Å². The van der Waals surface area contributed by atoms with Crippen molar-refractivity contribution in [1.82, 2.24) is 19.9 Å². The Balaban J connectivity index is 1.43. The van der Waals surface area contributed by atoms with E-state index in [1.807, 2.05) is 50.2 Å². The lowest BCUT2D eigenvalue weighted by atomic mass is 10.1. The second-order valence-corrected chi connectivity index (χ2v) is 9.81. The Kier molecular flexibility index (Phi) is 7.35.